The number of hydrogen-bond donors (Lipinski definition) is 0. The summed E-state index contributed by atoms with van der Waals surface area (Å²) in [5.41, 5.74) is 4.57. The van der Waals surface area contributed by atoms with E-state index in [2.05, 4.69) is 78.6 Å². The summed E-state index contributed by atoms with van der Waals surface area (Å²) in [6.45, 7) is 6.00. The number of nitrogens with zero attached hydrogens (tertiary/aromatic N) is 1. The van der Waals surface area contributed by atoms with Gasteiger partial charge in [-0.25, -0.2) is 0 Å². The van der Waals surface area contributed by atoms with Crippen molar-refractivity contribution in [3.05, 3.63) is 76.0 Å². The first-order valence-electron chi connectivity index (χ1n) is 6.95. The first kappa shape index (κ1) is 14.3. The third-order valence-electron chi connectivity index (χ3n) is 3.66. The Morgan fingerprint density at radius 2 is 1.86 bits per heavy atom. The van der Waals surface area contributed by atoms with Gasteiger partial charge in [-0.2, -0.15) is 0 Å². The molecule has 3 aromatic rings. The molecule has 0 radical (unpaired) electrons. The predicted octanol–water partition coefficient (Wildman–Crippen LogP) is 5.54. The third-order valence-corrected chi connectivity index (χ3v) is 4.33. The van der Waals surface area contributed by atoms with E-state index in [0.717, 1.165) is 17.8 Å². The highest BCUT2D eigenvalue weighted by molar-refractivity contribution is 14.1. The molecule has 0 aliphatic rings. The van der Waals surface area contributed by atoms with Crippen molar-refractivity contribution in [2.24, 2.45) is 0 Å². The molecule has 0 unspecified atom stereocenters. The highest BCUT2D eigenvalue weighted by atomic mass is 127. The summed E-state index contributed by atoms with van der Waals surface area (Å²) in [7, 11) is 0. The lowest BCUT2D eigenvalue weighted by atomic mass is 9.96. The van der Waals surface area contributed by atoms with Crippen LogP contribution in [0, 0.1) is 10.5 Å². The molecule has 3 rings (SSSR count). The minimum Gasteiger partial charge on any atom is -0.252 e. The SMILES string of the molecule is C=CCc1c(-c2ccccc2)nc(C)c2ccc(I)cc12. The molecule has 0 saturated heterocycles. The number of pyridine rings is 1. The van der Waals surface area contributed by atoms with Gasteiger partial charge >= 0.3 is 0 Å². The number of aryl methyl sites for hydroxylation is 1. The Kier molecular flexibility index (Phi) is 4.06. The molecular formula is C19H16IN. The van der Waals surface area contributed by atoms with E-state index in [0.29, 0.717) is 0 Å². The maximum atomic E-state index is 4.87. The van der Waals surface area contributed by atoms with Crippen molar-refractivity contribution in [3.63, 3.8) is 0 Å². The molecular weight excluding hydrogens is 369 g/mol. The summed E-state index contributed by atoms with van der Waals surface area (Å²) < 4.78 is 1.25. The molecule has 1 aromatic heterocycles. The second-order valence-electron chi connectivity index (χ2n) is 5.07. The second-order valence-corrected chi connectivity index (χ2v) is 6.32. The molecule has 21 heavy (non-hydrogen) atoms. The summed E-state index contributed by atoms with van der Waals surface area (Å²) in [5.74, 6) is 0. The van der Waals surface area contributed by atoms with Crippen LogP contribution >= 0.6 is 22.6 Å². The van der Waals surface area contributed by atoms with Crippen molar-refractivity contribution in [2.45, 2.75) is 13.3 Å². The number of hydrogen-bond acceptors (Lipinski definition) is 1. The lowest BCUT2D eigenvalue weighted by molar-refractivity contribution is 1.18. The van der Waals surface area contributed by atoms with Crippen LogP contribution in [0.4, 0.5) is 0 Å². The molecule has 0 atom stereocenters. The maximum absolute atomic E-state index is 4.87. The van der Waals surface area contributed by atoms with Crippen LogP contribution in [-0.2, 0) is 6.42 Å². The van der Waals surface area contributed by atoms with E-state index in [1.54, 1.807) is 0 Å². The molecule has 1 nitrogen and oxygen atoms in total. The van der Waals surface area contributed by atoms with E-state index >= 15 is 0 Å². The van der Waals surface area contributed by atoms with Crippen molar-refractivity contribution < 1.29 is 0 Å². The molecule has 0 N–H and O–H groups in total. The van der Waals surface area contributed by atoms with Crippen LogP contribution in [0.25, 0.3) is 22.0 Å². The molecule has 0 amide bonds. The Bertz CT molecular complexity index is 807. The number of allylic oxidation sites excluding steroid dienone is 1. The molecule has 1 heterocycles. The number of rotatable bonds is 3. The fraction of sp³-hybridized carbons (Fsp3) is 0.105. The van der Waals surface area contributed by atoms with Gasteiger partial charge in [0.05, 0.1) is 5.69 Å². The average molecular weight is 385 g/mol. The van der Waals surface area contributed by atoms with Gasteiger partial charge in [0.1, 0.15) is 0 Å². The minimum absolute atomic E-state index is 0.827. The molecule has 0 aliphatic heterocycles. The van der Waals surface area contributed by atoms with Gasteiger partial charge in [-0.15, -0.1) is 6.58 Å². The van der Waals surface area contributed by atoms with Gasteiger partial charge in [0.2, 0.25) is 0 Å². The Balaban J connectivity index is 2.39. The number of halogens is 1. The van der Waals surface area contributed by atoms with E-state index in [9.17, 15) is 0 Å². The molecule has 2 aromatic carbocycles. The topological polar surface area (TPSA) is 12.9 Å². The molecule has 0 bridgehead atoms. The predicted molar refractivity (Wildman–Crippen MR) is 98.5 cm³/mol. The smallest absolute Gasteiger partial charge is 0.0746 e. The molecule has 0 fully saturated rings. The van der Waals surface area contributed by atoms with Gasteiger partial charge in [-0.1, -0.05) is 42.5 Å². The summed E-state index contributed by atoms with van der Waals surface area (Å²) in [6.07, 6.45) is 2.78. The van der Waals surface area contributed by atoms with Crippen molar-refractivity contribution >= 4 is 33.4 Å². The van der Waals surface area contributed by atoms with E-state index in [1.165, 1.54) is 25.5 Å². The normalized spacial score (nSPS) is 10.8. The van der Waals surface area contributed by atoms with Gasteiger partial charge in [0, 0.05) is 20.2 Å². The first-order valence-corrected chi connectivity index (χ1v) is 8.03. The molecule has 0 spiro atoms. The fourth-order valence-electron chi connectivity index (χ4n) is 2.69. The van der Waals surface area contributed by atoms with Crippen LogP contribution in [0.1, 0.15) is 11.3 Å². The van der Waals surface area contributed by atoms with Crippen LogP contribution in [-0.4, -0.2) is 4.98 Å². The van der Waals surface area contributed by atoms with Gasteiger partial charge in [-0.3, -0.25) is 4.98 Å². The Morgan fingerprint density at radius 1 is 1.10 bits per heavy atom. The van der Waals surface area contributed by atoms with Crippen LogP contribution in [0.3, 0.4) is 0 Å². The van der Waals surface area contributed by atoms with Gasteiger partial charge < -0.3 is 0 Å². The molecule has 0 aliphatic carbocycles. The average Bonchev–Trinajstić information content (AvgIpc) is 2.50. The first-order chi connectivity index (χ1) is 10.2. The number of aromatic nitrogens is 1. The van der Waals surface area contributed by atoms with Gasteiger partial charge in [0.25, 0.3) is 0 Å². The lowest BCUT2D eigenvalue weighted by Gasteiger charge is -2.14. The Hall–Kier alpha value is -1.68. The highest BCUT2D eigenvalue weighted by Gasteiger charge is 2.12. The summed E-state index contributed by atoms with van der Waals surface area (Å²) in [6, 6.07) is 16.9. The monoisotopic (exact) mass is 385 g/mol. The van der Waals surface area contributed by atoms with Crippen molar-refractivity contribution in [1.29, 1.82) is 0 Å². The summed E-state index contributed by atoms with van der Waals surface area (Å²) in [5, 5.41) is 2.51. The van der Waals surface area contributed by atoms with Gasteiger partial charge in [-0.05, 0) is 59.0 Å². The summed E-state index contributed by atoms with van der Waals surface area (Å²) >= 11 is 2.36. The largest absolute Gasteiger partial charge is 0.252 e. The van der Waals surface area contributed by atoms with E-state index in [-0.39, 0.29) is 0 Å². The van der Waals surface area contributed by atoms with E-state index < -0.39 is 0 Å². The standard InChI is InChI=1S/C19H16IN/c1-3-7-17-18-12-15(20)10-11-16(18)13(2)21-19(17)14-8-5-4-6-9-14/h3-6,8-12H,1,7H2,2H3. The van der Waals surface area contributed by atoms with Crippen molar-refractivity contribution in [1.82, 2.24) is 4.98 Å². The van der Waals surface area contributed by atoms with Gasteiger partial charge in [0.15, 0.2) is 0 Å². The van der Waals surface area contributed by atoms with Crippen molar-refractivity contribution in [2.75, 3.05) is 0 Å². The maximum Gasteiger partial charge on any atom is 0.0746 e. The zero-order valence-corrected chi connectivity index (χ0v) is 14.1. The fourth-order valence-corrected chi connectivity index (χ4v) is 3.18. The second kappa shape index (κ2) is 5.98. The van der Waals surface area contributed by atoms with Crippen molar-refractivity contribution in [3.8, 4) is 11.3 Å². The quantitative estimate of drug-likeness (QED) is 0.426. The summed E-state index contributed by atoms with van der Waals surface area (Å²) in [4.78, 5) is 4.87. The molecule has 0 saturated carbocycles. The minimum atomic E-state index is 0.827. The van der Waals surface area contributed by atoms with Crippen LogP contribution in [0.5, 0.6) is 0 Å². The Labute approximate surface area is 138 Å². The van der Waals surface area contributed by atoms with E-state index in [4.69, 9.17) is 4.98 Å². The number of fused-ring (bicyclic) bond motifs is 1. The highest BCUT2D eigenvalue weighted by Crippen LogP contribution is 2.31. The number of benzene rings is 2. The van der Waals surface area contributed by atoms with Crippen LogP contribution in [0.2, 0.25) is 0 Å². The zero-order chi connectivity index (χ0) is 14.8. The van der Waals surface area contributed by atoms with E-state index in [1.807, 2.05) is 12.1 Å². The third kappa shape index (κ3) is 2.72. The van der Waals surface area contributed by atoms with Crippen LogP contribution < -0.4 is 0 Å². The molecule has 104 valence electrons. The van der Waals surface area contributed by atoms with Crippen LogP contribution in [0.15, 0.2) is 61.2 Å². The molecule has 2 heteroatoms. The lowest BCUT2D eigenvalue weighted by Crippen LogP contribution is -1.98. The Morgan fingerprint density at radius 3 is 2.57 bits per heavy atom. The zero-order valence-electron chi connectivity index (χ0n) is 11.9.